The van der Waals surface area contributed by atoms with Gasteiger partial charge in [0.25, 0.3) is 11.1 Å². The molecule has 2 aliphatic rings. The number of rotatable bonds is 6. The van der Waals surface area contributed by atoms with Gasteiger partial charge in [-0.25, -0.2) is 4.79 Å². The summed E-state index contributed by atoms with van der Waals surface area (Å²) in [5.74, 6) is -1.27. The molecule has 2 aliphatic heterocycles. The van der Waals surface area contributed by atoms with E-state index in [1.165, 1.54) is 37.5 Å². The van der Waals surface area contributed by atoms with E-state index in [-0.39, 0.29) is 39.4 Å². The van der Waals surface area contributed by atoms with Crippen molar-refractivity contribution in [2.75, 3.05) is 26.7 Å². The summed E-state index contributed by atoms with van der Waals surface area (Å²) in [5, 5.41) is 0.0393. The van der Waals surface area contributed by atoms with Crippen molar-refractivity contribution >= 4 is 64.1 Å². The first kappa shape index (κ1) is 26.1. The van der Waals surface area contributed by atoms with Crippen LogP contribution >= 0.6 is 35.0 Å². The van der Waals surface area contributed by atoms with Crippen molar-refractivity contribution in [1.29, 1.82) is 0 Å². The van der Waals surface area contributed by atoms with Crippen LogP contribution in [0.15, 0.2) is 41.3 Å². The van der Waals surface area contributed by atoms with Crippen molar-refractivity contribution < 1.29 is 28.7 Å². The lowest BCUT2D eigenvalue weighted by Crippen LogP contribution is -2.44. The number of methoxy groups -OCH3 is 1. The Bertz CT molecular complexity index is 1240. The van der Waals surface area contributed by atoms with Gasteiger partial charge in [-0.1, -0.05) is 23.2 Å². The number of piperidine rings is 1. The number of benzene rings is 2. The van der Waals surface area contributed by atoms with Crippen LogP contribution in [0.25, 0.3) is 6.08 Å². The van der Waals surface area contributed by atoms with E-state index in [0.717, 1.165) is 35.9 Å². The van der Waals surface area contributed by atoms with Gasteiger partial charge >= 0.3 is 5.97 Å². The third-order valence-corrected chi connectivity index (χ3v) is 7.14. The molecule has 2 aromatic rings. The summed E-state index contributed by atoms with van der Waals surface area (Å²) in [6.45, 7) is 0.988. The molecular formula is C25H22Cl2N2O6S. The minimum Gasteiger partial charge on any atom is -0.493 e. The summed E-state index contributed by atoms with van der Waals surface area (Å²) in [5.41, 5.74) is 0.727. The third kappa shape index (κ3) is 5.86. The van der Waals surface area contributed by atoms with Gasteiger partial charge in [-0.2, -0.15) is 0 Å². The zero-order valence-electron chi connectivity index (χ0n) is 19.3. The number of carbonyl (C=O) groups is 4. The molecule has 2 heterocycles. The highest BCUT2D eigenvalue weighted by Crippen LogP contribution is 2.39. The van der Waals surface area contributed by atoms with E-state index < -0.39 is 17.1 Å². The molecule has 2 aromatic carbocycles. The number of esters is 1. The van der Waals surface area contributed by atoms with Crippen molar-refractivity contribution in [2.24, 2.45) is 0 Å². The monoisotopic (exact) mass is 548 g/mol. The molecule has 2 fully saturated rings. The first-order valence-electron chi connectivity index (χ1n) is 11.1. The normalized spacial score (nSPS) is 17.0. The van der Waals surface area contributed by atoms with E-state index in [1.54, 1.807) is 17.0 Å². The van der Waals surface area contributed by atoms with Gasteiger partial charge in [0.2, 0.25) is 5.91 Å². The van der Waals surface area contributed by atoms with Crippen LogP contribution in [0.5, 0.6) is 11.5 Å². The van der Waals surface area contributed by atoms with Crippen LogP contribution < -0.4 is 9.47 Å². The van der Waals surface area contributed by atoms with Crippen LogP contribution in [0.4, 0.5) is 4.79 Å². The van der Waals surface area contributed by atoms with Gasteiger partial charge in [0.1, 0.15) is 6.54 Å². The molecule has 0 atom stereocenters. The molecule has 0 radical (unpaired) electrons. The molecule has 2 saturated heterocycles. The van der Waals surface area contributed by atoms with Gasteiger partial charge in [0.05, 0.1) is 22.6 Å². The summed E-state index contributed by atoms with van der Waals surface area (Å²) in [6, 6.07) is 9.18. The van der Waals surface area contributed by atoms with Crippen LogP contribution in [0, 0.1) is 0 Å². The molecule has 0 aliphatic carbocycles. The second-order valence-corrected chi connectivity index (χ2v) is 9.98. The molecule has 0 spiro atoms. The number of thioether (sulfide) groups is 1. The zero-order chi connectivity index (χ0) is 25.8. The fraction of sp³-hybridized carbons (Fsp3) is 0.280. The van der Waals surface area contributed by atoms with Crippen molar-refractivity contribution in [1.82, 2.24) is 9.80 Å². The number of hydrogen-bond acceptors (Lipinski definition) is 7. The molecule has 0 unspecified atom stereocenters. The quantitative estimate of drug-likeness (QED) is 0.275. The minimum atomic E-state index is -0.654. The van der Waals surface area contributed by atoms with Gasteiger partial charge < -0.3 is 14.4 Å². The Morgan fingerprint density at radius 3 is 2.42 bits per heavy atom. The Morgan fingerprint density at radius 1 is 1.06 bits per heavy atom. The van der Waals surface area contributed by atoms with Gasteiger partial charge in [0.15, 0.2) is 11.5 Å². The summed E-state index contributed by atoms with van der Waals surface area (Å²) in [6.07, 6.45) is 4.39. The minimum absolute atomic E-state index is 0.0106. The smallest absolute Gasteiger partial charge is 0.343 e. The fourth-order valence-corrected chi connectivity index (χ4v) is 5.05. The highest BCUT2D eigenvalue weighted by atomic mass is 35.5. The molecule has 4 rings (SSSR count). The molecule has 0 N–H and O–H groups in total. The highest BCUT2D eigenvalue weighted by molar-refractivity contribution is 8.18. The van der Waals surface area contributed by atoms with E-state index in [0.29, 0.717) is 23.7 Å². The number of ether oxygens (including phenoxy) is 2. The summed E-state index contributed by atoms with van der Waals surface area (Å²) < 4.78 is 10.8. The molecule has 3 amide bonds. The second kappa shape index (κ2) is 11.4. The summed E-state index contributed by atoms with van der Waals surface area (Å²) in [7, 11) is 1.38. The van der Waals surface area contributed by atoms with E-state index >= 15 is 0 Å². The van der Waals surface area contributed by atoms with Crippen molar-refractivity contribution in [3.05, 3.63) is 62.5 Å². The zero-order valence-corrected chi connectivity index (χ0v) is 21.6. The maximum Gasteiger partial charge on any atom is 0.343 e. The maximum absolute atomic E-state index is 12.9. The van der Waals surface area contributed by atoms with Crippen LogP contribution in [0.3, 0.4) is 0 Å². The first-order valence-corrected chi connectivity index (χ1v) is 12.7. The van der Waals surface area contributed by atoms with Crippen molar-refractivity contribution in [2.45, 2.75) is 19.3 Å². The fourth-order valence-electron chi connectivity index (χ4n) is 3.83. The van der Waals surface area contributed by atoms with Crippen molar-refractivity contribution in [3.63, 3.8) is 0 Å². The number of nitrogens with zero attached hydrogens (tertiary/aromatic N) is 2. The Morgan fingerprint density at radius 2 is 1.75 bits per heavy atom. The van der Waals surface area contributed by atoms with Gasteiger partial charge in [-0.15, -0.1) is 0 Å². The standard InChI is InChI=1S/C25H22Cl2N2O6S/c1-34-19-12-15(11-18(27)22(19)35-24(32)16-5-7-17(26)8-6-16)13-20-23(31)29(25(33)36-20)14-21(30)28-9-3-2-4-10-28/h5-8,11-13H,2-4,9-10,14H2,1H3/b20-13-. The second-order valence-electron chi connectivity index (χ2n) is 8.14. The predicted molar refractivity (Wildman–Crippen MR) is 138 cm³/mol. The van der Waals surface area contributed by atoms with Gasteiger partial charge in [-0.05, 0) is 79.1 Å². The maximum atomic E-state index is 12.9. The number of amides is 3. The Labute approximate surface area is 222 Å². The molecule has 0 aromatic heterocycles. The first-order chi connectivity index (χ1) is 17.3. The van der Waals surface area contributed by atoms with E-state index in [4.69, 9.17) is 32.7 Å². The lowest BCUT2D eigenvalue weighted by molar-refractivity contribution is -0.136. The SMILES string of the molecule is COc1cc(/C=C2\SC(=O)N(CC(=O)N3CCCCC3)C2=O)cc(Cl)c1OC(=O)c1ccc(Cl)cc1. The predicted octanol–water partition coefficient (Wildman–Crippen LogP) is 5.27. The van der Waals surface area contributed by atoms with Crippen LogP contribution in [0.1, 0.15) is 35.2 Å². The van der Waals surface area contributed by atoms with E-state index in [1.807, 2.05) is 0 Å². The number of halogens is 2. The lowest BCUT2D eigenvalue weighted by Gasteiger charge is -2.27. The number of hydrogen-bond donors (Lipinski definition) is 0. The average molecular weight is 549 g/mol. The van der Waals surface area contributed by atoms with Gasteiger partial charge in [0, 0.05) is 18.1 Å². The van der Waals surface area contributed by atoms with Gasteiger partial charge in [-0.3, -0.25) is 19.3 Å². The molecule has 8 nitrogen and oxygen atoms in total. The molecule has 36 heavy (non-hydrogen) atoms. The van der Waals surface area contributed by atoms with E-state index in [9.17, 15) is 19.2 Å². The summed E-state index contributed by atoms with van der Waals surface area (Å²) in [4.78, 5) is 53.2. The third-order valence-electron chi connectivity index (χ3n) is 5.70. The Kier molecular flexibility index (Phi) is 8.23. The molecule has 11 heteroatoms. The Hall–Kier alpha value is -3.01. The topological polar surface area (TPSA) is 93.2 Å². The molecule has 188 valence electrons. The van der Waals surface area contributed by atoms with Crippen LogP contribution in [-0.4, -0.2) is 59.6 Å². The Balaban J connectivity index is 1.51. The number of carbonyl (C=O) groups excluding carboxylic acids is 4. The average Bonchev–Trinajstić information content (AvgIpc) is 3.13. The molecule has 0 saturated carbocycles. The number of likely N-dealkylation sites (tertiary alicyclic amines) is 1. The lowest BCUT2D eigenvalue weighted by atomic mass is 10.1. The van der Waals surface area contributed by atoms with Crippen molar-refractivity contribution in [3.8, 4) is 11.5 Å². The van der Waals surface area contributed by atoms with E-state index in [2.05, 4.69) is 0 Å². The van der Waals surface area contributed by atoms with Crippen LogP contribution in [0.2, 0.25) is 10.0 Å². The number of imide groups is 1. The van der Waals surface area contributed by atoms with Crippen LogP contribution in [-0.2, 0) is 9.59 Å². The summed E-state index contributed by atoms with van der Waals surface area (Å²) >= 11 is 13.0. The molecular weight excluding hydrogens is 527 g/mol. The highest BCUT2D eigenvalue weighted by Gasteiger charge is 2.37. The molecule has 0 bridgehead atoms. The largest absolute Gasteiger partial charge is 0.493 e.